The maximum atomic E-state index is 6.56. The van der Waals surface area contributed by atoms with E-state index in [1.807, 2.05) is 0 Å². The summed E-state index contributed by atoms with van der Waals surface area (Å²) in [4.78, 5) is 0. The number of nitrogen functional groups attached to an aromatic ring is 1. The minimum Gasteiger partial charge on any atom is -0.481 e. The third-order valence-corrected chi connectivity index (χ3v) is 6.59. The lowest BCUT2D eigenvalue weighted by atomic mass is 10.0. The molecule has 0 bridgehead atoms. The number of aromatic nitrogens is 2. The number of anilines is 1. The van der Waals surface area contributed by atoms with Crippen LogP contribution >= 0.6 is 34.8 Å². The Kier molecular flexibility index (Phi) is 13.2. The van der Waals surface area contributed by atoms with E-state index in [0.717, 1.165) is 24.8 Å². The van der Waals surface area contributed by atoms with Crippen molar-refractivity contribution in [1.82, 2.24) is 10.2 Å². The second kappa shape index (κ2) is 15.6. The van der Waals surface area contributed by atoms with Crippen molar-refractivity contribution in [1.29, 1.82) is 0 Å². The van der Waals surface area contributed by atoms with Gasteiger partial charge in [0.25, 0.3) is 5.89 Å². The average Bonchev–Trinajstić information content (AvgIpc) is 3.18. The summed E-state index contributed by atoms with van der Waals surface area (Å²) in [6.07, 6.45) is 17.9. The van der Waals surface area contributed by atoms with Crippen LogP contribution in [0.15, 0.2) is 10.5 Å². The first-order valence-corrected chi connectivity index (χ1v) is 13.0. The summed E-state index contributed by atoms with van der Waals surface area (Å²) in [6, 6.07) is 1.66. The van der Waals surface area contributed by atoms with Crippen molar-refractivity contribution in [3.8, 4) is 5.75 Å². The Morgan fingerprint density at radius 1 is 0.812 bits per heavy atom. The quantitative estimate of drug-likeness (QED) is 0.218. The Hall–Kier alpha value is -1.17. The molecule has 1 aromatic heterocycles. The monoisotopic (exact) mass is 503 g/mol. The highest BCUT2D eigenvalue weighted by Gasteiger charge is 2.17. The molecule has 0 amide bonds. The largest absolute Gasteiger partial charge is 0.481 e. The average molecular weight is 505 g/mol. The summed E-state index contributed by atoms with van der Waals surface area (Å²) >= 11 is 19.2. The molecule has 0 saturated heterocycles. The first-order chi connectivity index (χ1) is 15.5. The van der Waals surface area contributed by atoms with Gasteiger partial charge in [-0.2, -0.15) is 0 Å². The normalized spacial score (nSPS) is 11.2. The van der Waals surface area contributed by atoms with Gasteiger partial charge >= 0.3 is 6.01 Å². The minimum absolute atomic E-state index is 0.0139. The SMILES string of the molecule is CCCCCCCCCCCCCCCc1c(Cl)cc(Cl)c(OCc2nnc(N)o2)c1Cl. The summed E-state index contributed by atoms with van der Waals surface area (Å²) in [6.45, 7) is 2.30. The summed E-state index contributed by atoms with van der Waals surface area (Å²) < 4.78 is 10.8. The molecule has 5 nitrogen and oxygen atoms in total. The van der Waals surface area contributed by atoms with Gasteiger partial charge in [-0.25, -0.2) is 0 Å². The molecule has 0 aliphatic rings. The van der Waals surface area contributed by atoms with E-state index in [1.165, 1.54) is 70.6 Å². The van der Waals surface area contributed by atoms with Gasteiger partial charge in [0, 0.05) is 5.02 Å². The van der Waals surface area contributed by atoms with E-state index < -0.39 is 0 Å². The highest BCUT2D eigenvalue weighted by atomic mass is 35.5. The fourth-order valence-corrected chi connectivity index (χ4v) is 4.81. The number of benzene rings is 1. The molecule has 2 aromatic rings. The molecule has 8 heteroatoms. The van der Waals surface area contributed by atoms with Crippen molar-refractivity contribution < 1.29 is 9.15 Å². The predicted molar refractivity (Wildman–Crippen MR) is 134 cm³/mol. The molecule has 0 unspecified atom stereocenters. The van der Waals surface area contributed by atoms with Gasteiger partial charge in [0.2, 0.25) is 0 Å². The Balaban J connectivity index is 1.65. The Morgan fingerprint density at radius 2 is 1.38 bits per heavy atom. The second-order valence-electron chi connectivity index (χ2n) is 8.28. The van der Waals surface area contributed by atoms with E-state index in [9.17, 15) is 0 Å². The van der Waals surface area contributed by atoms with Crippen molar-refractivity contribution in [3.05, 3.63) is 32.6 Å². The minimum atomic E-state index is -0.0139. The zero-order valence-corrected chi connectivity index (χ0v) is 21.4. The highest BCUT2D eigenvalue weighted by Crippen LogP contribution is 2.41. The number of rotatable bonds is 17. The lowest BCUT2D eigenvalue weighted by Gasteiger charge is -2.14. The smallest absolute Gasteiger partial charge is 0.312 e. The summed E-state index contributed by atoms with van der Waals surface area (Å²) in [5, 5.41) is 8.72. The summed E-state index contributed by atoms with van der Waals surface area (Å²) in [7, 11) is 0. The van der Waals surface area contributed by atoms with Gasteiger partial charge in [0.15, 0.2) is 12.4 Å². The van der Waals surface area contributed by atoms with Crippen LogP contribution in [0.2, 0.25) is 15.1 Å². The molecule has 32 heavy (non-hydrogen) atoms. The lowest BCUT2D eigenvalue weighted by molar-refractivity contribution is 0.265. The topological polar surface area (TPSA) is 74.2 Å². The third-order valence-electron chi connectivity index (χ3n) is 5.58. The molecular weight excluding hydrogens is 469 g/mol. The Labute approximate surface area is 207 Å². The zero-order chi connectivity index (χ0) is 23.2. The van der Waals surface area contributed by atoms with E-state index >= 15 is 0 Å². The fraction of sp³-hybridized carbons (Fsp3) is 0.667. The van der Waals surface area contributed by atoms with Crippen LogP contribution in [0.4, 0.5) is 6.01 Å². The number of halogens is 3. The van der Waals surface area contributed by atoms with E-state index in [0.29, 0.717) is 20.8 Å². The predicted octanol–water partition coefficient (Wildman–Crippen LogP) is 8.82. The molecule has 0 aliphatic heterocycles. The first-order valence-electron chi connectivity index (χ1n) is 11.9. The van der Waals surface area contributed by atoms with Crippen LogP contribution in [0.5, 0.6) is 5.75 Å². The Bertz CT molecular complexity index is 799. The summed E-state index contributed by atoms with van der Waals surface area (Å²) in [5.74, 6) is 0.627. The van der Waals surface area contributed by atoms with Gasteiger partial charge in [-0.3, -0.25) is 0 Å². The van der Waals surface area contributed by atoms with Crippen LogP contribution in [-0.2, 0) is 13.0 Å². The number of hydrogen-bond acceptors (Lipinski definition) is 5. The molecule has 1 heterocycles. The molecule has 0 atom stereocenters. The molecule has 2 N–H and O–H groups in total. The maximum absolute atomic E-state index is 6.56. The van der Waals surface area contributed by atoms with E-state index in [1.54, 1.807) is 6.07 Å². The molecule has 0 spiro atoms. The molecule has 0 fully saturated rings. The van der Waals surface area contributed by atoms with Gasteiger partial charge in [-0.15, -0.1) is 5.10 Å². The number of nitrogens with zero attached hydrogens (tertiary/aromatic N) is 2. The molecule has 0 aliphatic carbocycles. The van der Waals surface area contributed by atoms with Gasteiger partial charge in [-0.05, 0) is 24.5 Å². The molecule has 180 valence electrons. The van der Waals surface area contributed by atoms with Gasteiger partial charge in [0.05, 0.1) is 10.0 Å². The van der Waals surface area contributed by atoms with Gasteiger partial charge in [0.1, 0.15) is 0 Å². The van der Waals surface area contributed by atoms with Crippen molar-refractivity contribution in [2.45, 2.75) is 103 Å². The van der Waals surface area contributed by atoms with Crippen LogP contribution in [0.25, 0.3) is 0 Å². The van der Waals surface area contributed by atoms with Crippen LogP contribution in [0.3, 0.4) is 0 Å². The number of hydrogen-bond donors (Lipinski definition) is 1. The number of unbranched alkanes of at least 4 members (excludes halogenated alkanes) is 12. The standard InChI is InChI=1S/C24H36Cl3N3O2/c1-2-3-4-5-6-7-8-9-10-11-12-13-14-15-18-19(25)16-20(26)23(22(18)27)31-17-21-29-30-24(28)32-21/h16H,2-15,17H2,1H3,(H2,28,30). The number of nitrogens with two attached hydrogens (primary N) is 1. The van der Waals surface area contributed by atoms with Crippen LogP contribution < -0.4 is 10.5 Å². The third kappa shape index (κ3) is 9.76. The second-order valence-corrected chi connectivity index (χ2v) is 9.47. The van der Waals surface area contributed by atoms with Crippen molar-refractivity contribution in [2.75, 3.05) is 5.73 Å². The summed E-state index contributed by atoms with van der Waals surface area (Å²) in [5.41, 5.74) is 6.29. The van der Waals surface area contributed by atoms with E-state index in [-0.39, 0.29) is 18.5 Å². The van der Waals surface area contributed by atoms with Crippen molar-refractivity contribution >= 4 is 40.8 Å². The molecule has 1 aromatic carbocycles. The van der Waals surface area contributed by atoms with Crippen molar-refractivity contribution in [2.24, 2.45) is 0 Å². The molecule has 2 rings (SSSR count). The van der Waals surface area contributed by atoms with Crippen LogP contribution in [-0.4, -0.2) is 10.2 Å². The van der Waals surface area contributed by atoms with E-state index in [2.05, 4.69) is 17.1 Å². The Morgan fingerprint density at radius 3 is 1.91 bits per heavy atom. The molecule has 0 radical (unpaired) electrons. The molecular formula is C24H36Cl3N3O2. The van der Waals surface area contributed by atoms with Gasteiger partial charge < -0.3 is 14.9 Å². The molecule has 0 saturated carbocycles. The van der Waals surface area contributed by atoms with E-state index in [4.69, 9.17) is 49.7 Å². The van der Waals surface area contributed by atoms with Crippen LogP contribution in [0.1, 0.15) is 102 Å². The van der Waals surface area contributed by atoms with Crippen molar-refractivity contribution in [3.63, 3.8) is 0 Å². The maximum Gasteiger partial charge on any atom is 0.312 e. The fourth-order valence-electron chi connectivity index (χ4n) is 3.75. The number of ether oxygens (including phenoxy) is 1. The van der Waals surface area contributed by atoms with Crippen LogP contribution in [0, 0.1) is 0 Å². The van der Waals surface area contributed by atoms with Gasteiger partial charge in [-0.1, -0.05) is 124 Å². The highest BCUT2D eigenvalue weighted by molar-refractivity contribution is 6.41. The zero-order valence-electron chi connectivity index (χ0n) is 19.1. The first kappa shape index (κ1) is 27.1. The lowest BCUT2D eigenvalue weighted by Crippen LogP contribution is -2.00.